The fourth-order valence-electron chi connectivity index (χ4n) is 4.82. The van der Waals surface area contributed by atoms with Crippen LogP contribution in [-0.2, 0) is 12.8 Å². The zero-order valence-electron chi connectivity index (χ0n) is 21.2. The fraction of sp³-hybridized carbons (Fsp3) is 0.100. The number of amides is 2. The molecule has 0 bridgehead atoms. The number of ether oxygens (including phenoxy) is 1. The molecule has 0 radical (unpaired) electrons. The highest BCUT2D eigenvalue weighted by molar-refractivity contribution is 7.96. The summed E-state index contributed by atoms with van der Waals surface area (Å²) in [5.74, 6) is 0.229. The Kier molecular flexibility index (Phi) is 7.10. The van der Waals surface area contributed by atoms with Gasteiger partial charge >= 0.3 is 12.4 Å². The van der Waals surface area contributed by atoms with Crippen LogP contribution in [0.1, 0.15) is 16.7 Å². The molecule has 1 aliphatic rings. The number of hydrogen-bond acceptors (Lipinski definition) is 6. The number of alkyl halides is 3. The van der Waals surface area contributed by atoms with E-state index in [1.807, 2.05) is 60.7 Å². The molecule has 5 aromatic rings. The molecule has 0 saturated heterocycles. The Balaban J connectivity index is 1.09. The largest absolute Gasteiger partial charge is 0.573 e. The van der Waals surface area contributed by atoms with Crippen LogP contribution in [0.5, 0.6) is 5.75 Å². The van der Waals surface area contributed by atoms with Gasteiger partial charge in [-0.2, -0.15) is 0 Å². The lowest BCUT2D eigenvalue weighted by atomic mass is 9.87. The number of carbonyl (C=O) groups excluding carboxylic acids is 1. The van der Waals surface area contributed by atoms with Gasteiger partial charge in [-0.25, -0.2) is 9.19 Å². The summed E-state index contributed by atoms with van der Waals surface area (Å²) in [5, 5.41) is 9.08. The van der Waals surface area contributed by atoms with Crippen molar-refractivity contribution in [3.05, 3.63) is 102 Å². The summed E-state index contributed by atoms with van der Waals surface area (Å²) in [6.45, 7) is 0. The Morgan fingerprint density at radius 1 is 1.00 bits per heavy atom. The number of fused-ring (bicyclic) bond motifs is 4. The van der Waals surface area contributed by atoms with Gasteiger partial charge in [0.1, 0.15) is 11.4 Å². The number of nitrogens with one attached hydrogen (secondary N) is 2. The Morgan fingerprint density at radius 2 is 1.80 bits per heavy atom. The van der Waals surface area contributed by atoms with Crippen LogP contribution in [0.15, 0.2) is 93.8 Å². The molecule has 0 spiro atoms. The molecule has 2 amide bonds. The van der Waals surface area contributed by atoms with Crippen molar-refractivity contribution in [2.75, 3.05) is 5.32 Å². The van der Waals surface area contributed by atoms with Gasteiger partial charge in [0.15, 0.2) is 5.76 Å². The number of carbonyl (C=O) groups is 1. The van der Waals surface area contributed by atoms with Gasteiger partial charge in [-0.1, -0.05) is 53.7 Å². The average Bonchev–Trinajstić information content (AvgIpc) is 3.40. The summed E-state index contributed by atoms with van der Waals surface area (Å²) in [6, 6.07) is 24.5. The Labute approximate surface area is 236 Å². The van der Waals surface area contributed by atoms with Gasteiger partial charge in [-0.15, -0.1) is 13.2 Å². The highest BCUT2D eigenvalue weighted by Gasteiger charge is 2.31. The minimum absolute atomic E-state index is 0.298. The first-order chi connectivity index (χ1) is 19.8. The van der Waals surface area contributed by atoms with E-state index >= 15 is 0 Å². The third kappa shape index (κ3) is 5.90. The summed E-state index contributed by atoms with van der Waals surface area (Å²) in [4.78, 5) is 12.4. The number of benzene rings is 4. The van der Waals surface area contributed by atoms with Crippen LogP contribution in [0.2, 0.25) is 0 Å². The van der Waals surface area contributed by atoms with Gasteiger partial charge in [-0.05, 0) is 65.8 Å². The van der Waals surface area contributed by atoms with Crippen LogP contribution in [0, 0.1) is 0 Å². The standard InChI is InChI=1S/C30H21F3N4O3S/c31-30(32,33)39-22-12-9-20(10-13-22)28-25-15-11-21-16-18(8-14-24(21)27(25)36-40-28)17-34-41-37-29(38)35-26-7-3-5-19-4-1-2-6-23(19)26/h1-10,12-14,16-17H,11,15H2,(H2,35,37,38). The van der Waals surface area contributed by atoms with Crippen molar-refractivity contribution >= 4 is 40.8 Å². The van der Waals surface area contributed by atoms with Crippen LogP contribution in [0.25, 0.3) is 33.4 Å². The summed E-state index contributed by atoms with van der Waals surface area (Å²) in [7, 11) is 0. The molecule has 0 atom stereocenters. The van der Waals surface area contributed by atoms with Gasteiger partial charge in [0, 0.05) is 28.3 Å². The maximum atomic E-state index is 12.5. The van der Waals surface area contributed by atoms with Crippen molar-refractivity contribution < 1.29 is 27.2 Å². The monoisotopic (exact) mass is 574 g/mol. The lowest BCUT2D eigenvalue weighted by molar-refractivity contribution is -0.274. The molecule has 2 N–H and O–H groups in total. The molecular weight excluding hydrogens is 553 g/mol. The van der Waals surface area contributed by atoms with Crippen molar-refractivity contribution in [2.24, 2.45) is 4.40 Å². The molecular formula is C30H21F3N4O3S. The second-order valence-corrected chi connectivity index (χ2v) is 9.83. The van der Waals surface area contributed by atoms with Crippen molar-refractivity contribution in [1.29, 1.82) is 0 Å². The van der Waals surface area contributed by atoms with Crippen LogP contribution in [0.4, 0.5) is 23.7 Å². The average molecular weight is 575 g/mol. The number of anilines is 1. The second kappa shape index (κ2) is 11.0. The maximum absolute atomic E-state index is 12.5. The number of nitrogens with zero attached hydrogens (tertiary/aromatic N) is 2. The van der Waals surface area contributed by atoms with E-state index in [0.717, 1.165) is 51.6 Å². The smallest absolute Gasteiger partial charge is 0.406 e. The summed E-state index contributed by atoms with van der Waals surface area (Å²) in [6.07, 6.45) is -1.70. The molecule has 1 aliphatic carbocycles. The van der Waals surface area contributed by atoms with E-state index in [1.54, 1.807) is 6.21 Å². The van der Waals surface area contributed by atoms with Gasteiger partial charge in [0.2, 0.25) is 0 Å². The minimum atomic E-state index is -4.75. The quantitative estimate of drug-likeness (QED) is 0.159. The van der Waals surface area contributed by atoms with E-state index in [9.17, 15) is 18.0 Å². The molecule has 11 heteroatoms. The summed E-state index contributed by atoms with van der Waals surface area (Å²) in [5.41, 5.74) is 5.80. The van der Waals surface area contributed by atoms with Gasteiger partial charge in [0.05, 0.1) is 17.8 Å². The molecule has 41 heavy (non-hydrogen) atoms. The topological polar surface area (TPSA) is 88.8 Å². The second-order valence-electron chi connectivity index (χ2n) is 9.24. The van der Waals surface area contributed by atoms with E-state index in [1.165, 1.54) is 24.3 Å². The van der Waals surface area contributed by atoms with Gasteiger partial charge < -0.3 is 14.6 Å². The number of hydrogen-bond donors (Lipinski definition) is 2. The number of rotatable bonds is 6. The van der Waals surface area contributed by atoms with Gasteiger partial charge in [0.25, 0.3) is 0 Å². The first-order valence-electron chi connectivity index (χ1n) is 12.6. The number of halogens is 3. The molecule has 0 aliphatic heterocycles. The number of aryl methyl sites for hydroxylation is 1. The van der Waals surface area contributed by atoms with Gasteiger partial charge in [-0.3, -0.25) is 4.72 Å². The Hall–Kier alpha value is -4.77. The maximum Gasteiger partial charge on any atom is 0.573 e. The zero-order valence-corrected chi connectivity index (χ0v) is 22.1. The molecule has 6 rings (SSSR count). The van der Waals surface area contributed by atoms with Crippen LogP contribution < -0.4 is 14.8 Å². The lowest BCUT2D eigenvalue weighted by Crippen LogP contribution is -2.22. The third-order valence-electron chi connectivity index (χ3n) is 6.60. The number of urea groups is 1. The zero-order chi connectivity index (χ0) is 28.4. The fourth-order valence-corrected chi connectivity index (χ4v) is 5.18. The molecule has 0 unspecified atom stereocenters. The van der Waals surface area contributed by atoms with Crippen molar-refractivity contribution in [3.8, 4) is 28.3 Å². The summed E-state index contributed by atoms with van der Waals surface area (Å²) < 4.78 is 53.9. The lowest BCUT2D eigenvalue weighted by Gasteiger charge is -2.15. The van der Waals surface area contributed by atoms with Crippen molar-refractivity contribution in [3.63, 3.8) is 0 Å². The van der Waals surface area contributed by atoms with E-state index in [0.29, 0.717) is 29.1 Å². The van der Waals surface area contributed by atoms with E-state index < -0.39 is 6.36 Å². The molecule has 0 fully saturated rings. The van der Waals surface area contributed by atoms with Crippen LogP contribution >= 0.6 is 12.1 Å². The Bertz CT molecular complexity index is 1760. The number of aromatic nitrogens is 1. The minimum Gasteiger partial charge on any atom is -0.406 e. The normalized spacial score (nSPS) is 12.7. The molecule has 1 aromatic heterocycles. The predicted molar refractivity (Wildman–Crippen MR) is 153 cm³/mol. The molecule has 0 saturated carbocycles. The SMILES string of the molecule is O=C(NSN=Cc1ccc2c(c1)CCc1c-2noc1-c1ccc(OC(F)(F)F)cc1)Nc1cccc2ccccc12. The van der Waals surface area contributed by atoms with E-state index in [-0.39, 0.29) is 11.8 Å². The van der Waals surface area contributed by atoms with E-state index in [2.05, 4.69) is 24.3 Å². The highest BCUT2D eigenvalue weighted by Crippen LogP contribution is 2.39. The predicted octanol–water partition coefficient (Wildman–Crippen LogP) is 7.96. The molecule has 1 heterocycles. The first-order valence-corrected chi connectivity index (χ1v) is 13.3. The van der Waals surface area contributed by atoms with Crippen molar-refractivity contribution in [2.45, 2.75) is 19.2 Å². The first kappa shape index (κ1) is 26.5. The third-order valence-corrected chi connectivity index (χ3v) is 7.09. The Morgan fingerprint density at radius 3 is 2.63 bits per heavy atom. The summed E-state index contributed by atoms with van der Waals surface area (Å²) >= 11 is 0.920. The van der Waals surface area contributed by atoms with Crippen LogP contribution in [0.3, 0.4) is 0 Å². The highest BCUT2D eigenvalue weighted by atomic mass is 32.2. The molecule has 206 valence electrons. The van der Waals surface area contributed by atoms with E-state index in [4.69, 9.17) is 4.52 Å². The van der Waals surface area contributed by atoms with Crippen LogP contribution in [-0.4, -0.2) is 23.8 Å². The molecule has 4 aromatic carbocycles. The van der Waals surface area contributed by atoms with Crippen molar-refractivity contribution in [1.82, 2.24) is 9.88 Å². The molecule has 7 nitrogen and oxygen atoms in total.